The maximum atomic E-state index is 15.5. The molecular formula is C29H20F6N2O2S2. The highest BCUT2D eigenvalue weighted by Gasteiger charge is 2.80. The minimum Gasteiger partial charge on any atom is -0.329 e. The number of carbonyl (C=O) groups is 2. The van der Waals surface area contributed by atoms with Crippen molar-refractivity contribution in [3.8, 4) is 20.9 Å². The minimum absolute atomic E-state index is 0.169. The first-order valence-corrected chi connectivity index (χ1v) is 13.7. The number of amides is 2. The van der Waals surface area contributed by atoms with Crippen molar-refractivity contribution in [2.24, 2.45) is 0 Å². The molecule has 2 amide bonds. The Hall–Kier alpha value is -3.90. The molecule has 12 heteroatoms. The summed E-state index contributed by atoms with van der Waals surface area (Å²) in [5, 5.41) is 4.92. The zero-order chi connectivity index (χ0) is 29.7. The second-order valence-corrected chi connectivity index (χ2v) is 11.8. The first-order valence-electron chi connectivity index (χ1n) is 12.0. The third-order valence-electron chi connectivity index (χ3n) is 6.83. The Morgan fingerprint density at radius 2 is 0.951 bits per heavy atom. The molecule has 4 nitrogen and oxygen atoms in total. The van der Waals surface area contributed by atoms with Gasteiger partial charge in [-0.25, -0.2) is 0 Å². The van der Waals surface area contributed by atoms with E-state index in [0.717, 1.165) is 22.7 Å². The highest BCUT2D eigenvalue weighted by Crippen LogP contribution is 2.66. The predicted molar refractivity (Wildman–Crippen MR) is 150 cm³/mol. The molecule has 2 aromatic carbocycles. The summed E-state index contributed by atoms with van der Waals surface area (Å²) in [6.45, 7) is 2.84. The summed E-state index contributed by atoms with van der Waals surface area (Å²) < 4.78 is 91.7. The Morgan fingerprint density at radius 3 is 1.27 bits per heavy atom. The molecule has 0 fully saturated rings. The topological polar surface area (TPSA) is 58.2 Å². The van der Waals surface area contributed by atoms with E-state index in [1.165, 1.54) is 26.0 Å². The highest BCUT2D eigenvalue weighted by atomic mass is 32.1. The van der Waals surface area contributed by atoms with E-state index >= 15 is 17.6 Å². The van der Waals surface area contributed by atoms with E-state index < -0.39 is 28.9 Å². The summed E-state index contributed by atoms with van der Waals surface area (Å²) in [7, 11) is 0. The van der Waals surface area contributed by atoms with Gasteiger partial charge in [0.05, 0.1) is 0 Å². The van der Waals surface area contributed by atoms with Gasteiger partial charge < -0.3 is 10.6 Å². The van der Waals surface area contributed by atoms with Crippen molar-refractivity contribution < 1.29 is 35.9 Å². The lowest BCUT2D eigenvalue weighted by atomic mass is 9.94. The molecule has 2 heterocycles. The minimum atomic E-state index is -5.67. The second-order valence-electron chi connectivity index (χ2n) is 9.31. The number of aryl methyl sites for hydroxylation is 2. The molecule has 212 valence electrons. The maximum Gasteiger partial charge on any atom is 0.380 e. The van der Waals surface area contributed by atoms with Gasteiger partial charge in [-0.2, -0.15) is 26.3 Å². The number of nitrogens with one attached hydrogen (secondary N) is 2. The smallest absolute Gasteiger partial charge is 0.329 e. The van der Waals surface area contributed by atoms with Gasteiger partial charge in [0, 0.05) is 42.0 Å². The standard InChI is InChI=1S/C29H20F6N2O2S2/c1-15-21(11-23(40-15)17-3-7-19(8-4-17)36-13-38)25-26(28(32,33)29(34,35)27(25,30)31)22-12-24(41-16(22)2)18-5-9-20(10-6-18)37-14-39/h3-14H,1-2H3,(H,36,38)(H,37,39). The average molecular weight is 607 g/mol. The number of halogens is 6. The number of allylic oxidation sites excluding steroid dienone is 2. The molecule has 0 saturated heterocycles. The lowest BCUT2D eigenvalue weighted by molar-refractivity contribution is -0.254. The van der Waals surface area contributed by atoms with Gasteiger partial charge >= 0.3 is 17.8 Å². The summed E-state index contributed by atoms with van der Waals surface area (Å²) >= 11 is 2.02. The van der Waals surface area contributed by atoms with E-state index in [-0.39, 0.29) is 20.9 Å². The van der Waals surface area contributed by atoms with Crippen molar-refractivity contribution in [3.63, 3.8) is 0 Å². The summed E-state index contributed by atoms with van der Waals surface area (Å²) in [6.07, 6.45) is 0.966. The van der Waals surface area contributed by atoms with Gasteiger partial charge in [-0.05, 0) is 72.5 Å². The van der Waals surface area contributed by atoms with Crippen LogP contribution >= 0.6 is 22.7 Å². The van der Waals surface area contributed by atoms with Crippen LogP contribution in [0.4, 0.5) is 37.7 Å². The fourth-order valence-electron chi connectivity index (χ4n) is 4.78. The number of hydrogen-bond donors (Lipinski definition) is 2. The summed E-state index contributed by atoms with van der Waals surface area (Å²) in [5.41, 5.74) is -1.55. The van der Waals surface area contributed by atoms with Crippen molar-refractivity contribution in [3.05, 3.63) is 81.5 Å². The Balaban J connectivity index is 1.68. The van der Waals surface area contributed by atoms with E-state index in [9.17, 15) is 18.4 Å². The van der Waals surface area contributed by atoms with Gasteiger partial charge in [-0.3, -0.25) is 9.59 Å². The summed E-state index contributed by atoms with van der Waals surface area (Å²) in [6, 6.07) is 15.1. The van der Waals surface area contributed by atoms with Crippen LogP contribution in [0.25, 0.3) is 32.0 Å². The van der Waals surface area contributed by atoms with Gasteiger partial charge in [0.2, 0.25) is 12.8 Å². The van der Waals surface area contributed by atoms with Crippen LogP contribution in [0.2, 0.25) is 0 Å². The normalized spacial score (nSPS) is 17.0. The van der Waals surface area contributed by atoms with E-state index in [1.807, 2.05) is 0 Å². The molecule has 4 aromatic rings. The Kier molecular flexibility index (Phi) is 7.11. The summed E-state index contributed by atoms with van der Waals surface area (Å²) in [4.78, 5) is 22.5. The second kappa shape index (κ2) is 10.2. The number of thiophene rings is 2. The van der Waals surface area contributed by atoms with Crippen LogP contribution in [0.15, 0.2) is 60.7 Å². The number of carbonyl (C=O) groups excluding carboxylic acids is 2. The molecule has 0 atom stereocenters. The molecule has 0 radical (unpaired) electrons. The molecule has 5 rings (SSSR count). The molecule has 2 N–H and O–H groups in total. The molecular weight excluding hydrogens is 586 g/mol. The first-order chi connectivity index (χ1) is 19.3. The fraction of sp³-hybridized carbons (Fsp3) is 0.172. The lowest BCUT2D eigenvalue weighted by Crippen LogP contribution is -2.48. The van der Waals surface area contributed by atoms with Crippen LogP contribution < -0.4 is 10.6 Å². The monoisotopic (exact) mass is 606 g/mol. The third-order valence-corrected chi connectivity index (χ3v) is 9.03. The van der Waals surface area contributed by atoms with Crippen LogP contribution in [0.3, 0.4) is 0 Å². The van der Waals surface area contributed by atoms with Crippen LogP contribution in [0.1, 0.15) is 20.9 Å². The van der Waals surface area contributed by atoms with Crippen LogP contribution in [0, 0.1) is 13.8 Å². The molecule has 0 spiro atoms. The van der Waals surface area contributed by atoms with Crippen LogP contribution in [-0.4, -0.2) is 30.6 Å². The highest BCUT2D eigenvalue weighted by molar-refractivity contribution is 7.16. The largest absolute Gasteiger partial charge is 0.380 e. The van der Waals surface area contributed by atoms with Crippen molar-refractivity contribution in [1.82, 2.24) is 0 Å². The predicted octanol–water partition coefficient (Wildman–Crippen LogP) is 8.73. The number of rotatable bonds is 8. The molecule has 1 aliphatic carbocycles. The quantitative estimate of drug-likeness (QED) is 0.156. The van der Waals surface area contributed by atoms with Crippen LogP contribution in [0.5, 0.6) is 0 Å². The van der Waals surface area contributed by atoms with Crippen molar-refractivity contribution in [2.75, 3.05) is 10.6 Å². The zero-order valence-electron chi connectivity index (χ0n) is 21.3. The number of hydrogen-bond acceptors (Lipinski definition) is 4. The van der Waals surface area contributed by atoms with Gasteiger partial charge in [0.25, 0.3) is 0 Å². The van der Waals surface area contributed by atoms with Gasteiger partial charge in [-0.15, -0.1) is 22.7 Å². The van der Waals surface area contributed by atoms with Gasteiger partial charge in [0.15, 0.2) is 0 Å². The fourth-order valence-corrected chi connectivity index (χ4v) is 6.84. The van der Waals surface area contributed by atoms with E-state index in [4.69, 9.17) is 0 Å². The molecule has 2 aromatic heterocycles. The SMILES string of the molecule is Cc1sc(-c2ccc(NC=O)cc2)cc1C1=C(c2cc(-c3ccc(NC=O)cc3)sc2C)C(F)(F)C(F)(F)C1(F)F. The Bertz CT molecular complexity index is 1550. The number of benzene rings is 2. The molecule has 41 heavy (non-hydrogen) atoms. The molecule has 0 bridgehead atoms. The van der Waals surface area contributed by atoms with Crippen molar-refractivity contribution in [1.29, 1.82) is 0 Å². The van der Waals surface area contributed by atoms with Gasteiger partial charge in [0.1, 0.15) is 0 Å². The molecule has 0 unspecified atom stereocenters. The Labute approximate surface area is 238 Å². The number of anilines is 2. The van der Waals surface area contributed by atoms with E-state index in [1.54, 1.807) is 48.5 Å². The van der Waals surface area contributed by atoms with E-state index in [2.05, 4.69) is 10.6 Å². The molecule has 0 saturated carbocycles. The van der Waals surface area contributed by atoms with Crippen LogP contribution in [-0.2, 0) is 9.59 Å². The number of alkyl halides is 6. The molecule has 1 aliphatic rings. The van der Waals surface area contributed by atoms with E-state index in [0.29, 0.717) is 45.1 Å². The van der Waals surface area contributed by atoms with Gasteiger partial charge in [-0.1, -0.05) is 24.3 Å². The van der Waals surface area contributed by atoms with Crippen molar-refractivity contribution in [2.45, 2.75) is 31.6 Å². The van der Waals surface area contributed by atoms with Crippen molar-refractivity contribution >= 4 is 58.0 Å². The average Bonchev–Trinajstić information content (AvgIpc) is 3.52. The Morgan fingerprint density at radius 1 is 0.610 bits per heavy atom. The molecule has 0 aliphatic heterocycles. The third kappa shape index (κ3) is 4.55. The first kappa shape index (κ1) is 28.6. The summed E-state index contributed by atoms with van der Waals surface area (Å²) in [5.74, 6) is -16.0. The zero-order valence-corrected chi connectivity index (χ0v) is 23.0. The maximum absolute atomic E-state index is 15.5. The lowest BCUT2D eigenvalue weighted by Gasteiger charge is -2.25.